The van der Waals surface area contributed by atoms with Crippen LogP contribution in [0.4, 0.5) is 0 Å². The molecule has 0 fully saturated rings. The first kappa shape index (κ1) is 13.2. The molecule has 1 unspecified atom stereocenters. The maximum atomic E-state index is 11.7. The van der Waals surface area contributed by atoms with Gasteiger partial charge in [0.1, 0.15) is 0 Å². The minimum Gasteiger partial charge on any atom is -0.481 e. The van der Waals surface area contributed by atoms with Crippen LogP contribution in [0.2, 0.25) is 0 Å². The second kappa shape index (κ2) is 5.47. The molecular formula is C11H16N2O4. The summed E-state index contributed by atoms with van der Waals surface area (Å²) in [5, 5.41) is 15.0. The van der Waals surface area contributed by atoms with Crippen molar-refractivity contribution >= 4 is 11.9 Å². The van der Waals surface area contributed by atoms with Crippen LogP contribution in [0.1, 0.15) is 36.5 Å². The van der Waals surface area contributed by atoms with Crippen molar-refractivity contribution < 1.29 is 19.2 Å². The van der Waals surface area contributed by atoms with Crippen molar-refractivity contribution in [3.05, 3.63) is 17.5 Å². The molecule has 1 aromatic rings. The third-order valence-corrected chi connectivity index (χ3v) is 2.37. The normalized spacial score (nSPS) is 12.5. The predicted molar refractivity (Wildman–Crippen MR) is 59.6 cm³/mol. The van der Waals surface area contributed by atoms with Gasteiger partial charge < -0.3 is 14.9 Å². The predicted octanol–water partition coefficient (Wildman–Crippen LogP) is 1.21. The Morgan fingerprint density at radius 2 is 2.18 bits per heavy atom. The van der Waals surface area contributed by atoms with Gasteiger partial charge in [0.25, 0.3) is 5.91 Å². The average molecular weight is 240 g/mol. The highest BCUT2D eigenvalue weighted by Gasteiger charge is 2.21. The summed E-state index contributed by atoms with van der Waals surface area (Å²) in [6.45, 7) is 5.40. The number of rotatable bonds is 5. The Bertz CT molecular complexity index is 411. The fraction of sp³-hybridized carbons (Fsp3) is 0.545. The number of aromatic nitrogens is 1. The van der Waals surface area contributed by atoms with Crippen molar-refractivity contribution in [3.8, 4) is 0 Å². The summed E-state index contributed by atoms with van der Waals surface area (Å²) in [5.74, 6) is -1.26. The number of aliphatic carboxylic acids is 1. The van der Waals surface area contributed by atoms with Crippen molar-refractivity contribution in [2.45, 2.75) is 33.2 Å². The van der Waals surface area contributed by atoms with E-state index in [0.29, 0.717) is 5.69 Å². The molecule has 0 aliphatic carbocycles. The molecule has 1 amide bonds. The van der Waals surface area contributed by atoms with Crippen LogP contribution in [0, 0.1) is 12.8 Å². The lowest BCUT2D eigenvalue weighted by molar-refractivity contribution is -0.137. The van der Waals surface area contributed by atoms with Gasteiger partial charge in [-0.15, -0.1) is 0 Å². The first-order valence-corrected chi connectivity index (χ1v) is 5.36. The van der Waals surface area contributed by atoms with Crippen LogP contribution in [0.3, 0.4) is 0 Å². The number of carboxylic acid groups (broad SMARTS) is 1. The molecule has 0 radical (unpaired) electrons. The van der Waals surface area contributed by atoms with Gasteiger partial charge in [-0.05, 0) is 12.8 Å². The topological polar surface area (TPSA) is 92.4 Å². The molecule has 6 heteroatoms. The van der Waals surface area contributed by atoms with Crippen molar-refractivity contribution in [1.82, 2.24) is 10.5 Å². The van der Waals surface area contributed by atoms with Gasteiger partial charge in [0.15, 0.2) is 0 Å². The minimum atomic E-state index is -0.947. The number of nitrogens with one attached hydrogen (secondary N) is 1. The lowest BCUT2D eigenvalue weighted by Crippen LogP contribution is -2.39. The number of hydrogen-bond donors (Lipinski definition) is 2. The lowest BCUT2D eigenvalue weighted by Gasteiger charge is -2.19. The van der Waals surface area contributed by atoms with Gasteiger partial charge in [-0.1, -0.05) is 19.0 Å². The maximum Gasteiger partial charge on any atom is 0.305 e. The molecule has 1 atom stereocenters. The van der Waals surface area contributed by atoms with E-state index in [9.17, 15) is 9.59 Å². The number of carbonyl (C=O) groups is 2. The Morgan fingerprint density at radius 3 is 2.59 bits per heavy atom. The van der Waals surface area contributed by atoms with Gasteiger partial charge in [-0.2, -0.15) is 0 Å². The summed E-state index contributed by atoms with van der Waals surface area (Å²) in [7, 11) is 0. The third kappa shape index (κ3) is 3.90. The van der Waals surface area contributed by atoms with Gasteiger partial charge in [0, 0.05) is 12.1 Å². The largest absolute Gasteiger partial charge is 0.481 e. The van der Waals surface area contributed by atoms with Gasteiger partial charge >= 0.3 is 5.97 Å². The molecule has 1 aromatic heterocycles. The highest BCUT2D eigenvalue weighted by atomic mass is 16.5. The smallest absolute Gasteiger partial charge is 0.305 e. The van der Waals surface area contributed by atoms with Crippen LogP contribution in [-0.2, 0) is 4.79 Å². The Balaban J connectivity index is 2.67. The van der Waals surface area contributed by atoms with Crippen molar-refractivity contribution in [3.63, 3.8) is 0 Å². The number of aryl methyl sites for hydroxylation is 1. The SMILES string of the molecule is Cc1cc(C(=O)NC(CC(=O)O)C(C)C)on1. The Hall–Kier alpha value is -1.85. The summed E-state index contributed by atoms with van der Waals surface area (Å²) < 4.78 is 4.80. The first-order valence-electron chi connectivity index (χ1n) is 5.36. The van der Waals surface area contributed by atoms with Crippen LogP contribution >= 0.6 is 0 Å². The molecule has 0 saturated heterocycles. The Kier molecular flexibility index (Phi) is 4.25. The summed E-state index contributed by atoms with van der Waals surface area (Å²) in [6, 6.07) is 1.08. The van der Waals surface area contributed by atoms with Gasteiger partial charge in [-0.3, -0.25) is 9.59 Å². The quantitative estimate of drug-likeness (QED) is 0.807. The van der Waals surface area contributed by atoms with E-state index in [2.05, 4.69) is 10.5 Å². The number of carboxylic acids is 1. The molecule has 1 rings (SSSR count). The second-order valence-corrected chi connectivity index (χ2v) is 4.25. The minimum absolute atomic E-state index is 0.0269. The van der Waals surface area contributed by atoms with Crippen LogP contribution in [-0.4, -0.2) is 28.2 Å². The summed E-state index contributed by atoms with van der Waals surface area (Å²) in [4.78, 5) is 22.4. The van der Waals surface area contributed by atoms with E-state index in [-0.39, 0.29) is 18.1 Å². The van der Waals surface area contributed by atoms with Crippen molar-refractivity contribution in [2.75, 3.05) is 0 Å². The zero-order valence-corrected chi connectivity index (χ0v) is 10.1. The van der Waals surface area contributed by atoms with E-state index in [1.807, 2.05) is 13.8 Å². The Labute approximate surface area is 99.0 Å². The second-order valence-electron chi connectivity index (χ2n) is 4.25. The van der Waals surface area contributed by atoms with Crippen LogP contribution in [0.25, 0.3) is 0 Å². The number of carbonyl (C=O) groups excluding carboxylic acids is 1. The fourth-order valence-electron chi connectivity index (χ4n) is 1.35. The molecule has 2 N–H and O–H groups in total. The first-order chi connectivity index (χ1) is 7.90. The molecular weight excluding hydrogens is 224 g/mol. The number of hydrogen-bond acceptors (Lipinski definition) is 4. The fourth-order valence-corrected chi connectivity index (χ4v) is 1.35. The summed E-state index contributed by atoms with van der Waals surface area (Å²) in [5.41, 5.74) is 0.606. The van der Waals surface area contributed by atoms with E-state index >= 15 is 0 Å². The molecule has 94 valence electrons. The molecule has 1 heterocycles. The van der Waals surface area contributed by atoms with Gasteiger partial charge in [0.2, 0.25) is 5.76 Å². The number of amides is 1. The van der Waals surface area contributed by atoms with E-state index in [0.717, 1.165) is 0 Å². The average Bonchev–Trinajstić information content (AvgIpc) is 2.63. The van der Waals surface area contributed by atoms with E-state index in [1.54, 1.807) is 6.92 Å². The standard InChI is InChI=1S/C11H16N2O4/c1-6(2)8(5-10(14)15)12-11(16)9-4-7(3)13-17-9/h4,6,8H,5H2,1-3H3,(H,12,16)(H,14,15). The summed E-state index contributed by atoms with van der Waals surface area (Å²) in [6.07, 6.45) is -0.115. The highest BCUT2D eigenvalue weighted by molar-refractivity contribution is 5.91. The third-order valence-electron chi connectivity index (χ3n) is 2.37. The maximum absolute atomic E-state index is 11.7. The zero-order valence-electron chi connectivity index (χ0n) is 10.1. The van der Waals surface area contributed by atoms with E-state index < -0.39 is 17.9 Å². The van der Waals surface area contributed by atoms with E-state index in [1.165, 1.54) is 6.07 Å². The molecule has 6 nitrogen and oxygen atoms in total. The lowest BCUT2D eigenvalue weighted by atomic mass is 10.0. The molecule has 0 aliphatic rings. The molecule has 0 spiro atoms. The monoisotopic (exact) mass is 240 g/mol. The van der Waals surface area contributed by atoms with Crippen LogP contribution in [0.5, 0.6) is 0 Å². The Morgan fingerprint density at radius 1 is 1.53 bits per heavy atom. The van der Waals surface area contributed by atoms with Crippen LogP contribution in [0.15, 0.2) is 10.6 Å². The van der Waals surface area contributed by atoms with Crippen LogP contribution < -0.4 is 5.32 Å². The zero-order chi connectivity index (χ0) is 13.0. The summed E-state index contributed by atoms with van der Waals surface area (Å²) >= 11 is 0. The molecule has 17 heavy (non-hydrogen) atoms. The molecule has 0 aliphatic heterocycles. The van der Waals surface area contributed by atoms with Gasteiger partial charge in [-0.25, -0.2) is 0 Å². The molecule has 0 saturated carbocycles. The molecule has 0 bridgehead atoms. The number of nitrogens with zero attached hydrogens (tertiary/aromatic N) is 1. The van der Waals surface area contributed by atoms with Crippen molar-refractivity contribution in [2.24, 2.45) is 5.92 Å². The van der Waals surface area contributed by atoms with Crippen molar-refractivity contribution in [1.29, 1.82) is 0 Å². The van der Waals surface area contributed by atoms with E-state index in [4.69, 9.17) is 9.63 Å². The molecule has 0 aromatic carbocycles. The van der Waals surface area contributed by atoms with Gasteiger partial charge in [0.05, 0.1) is 12.1 Å². The highest BCUT2D eigenvalue weighted by Crippen LogP contribution is 2.09.